The molecule has 1 aromatic heterocycles. The van der Waals surface area contributed by atoms with E-state index in [1.807, 2.05) is 24.4 Å². The van der Waals surface area contributed by atoms with Gasteiger partial charge in [-0.25, -0.2) is 4.79 Å². The second-order valence-corrected chi connectivity index (χ2v) is 5.60. The summed E-state index contributed by atoms with van der Waals surface area (Å²) in [6.07, 6.45) is 0. The first-order chi connectivity index (χ1) is 10.5. The van der Waals surface area contributed by atoms with Crippen molar-refractivity contribution in [2.75, 3.05) is 26.2 Å². The van der Waals surface area contributed by atoms with Gasteiger partial charge in [0.05, 0.1) is 19.6 Å². The number of amides is 4. The van der Waals surface area contributed by atoms with Gasteiger partial charge in [0.1, 0.15) is 0 Å². The molecule has 1 aromatic rings. The van der Waals surface area contributed by atoms with Crippen LogP contribution in [0.5, 0.6) is 0 Å². The third kappa shape index (κ3) is 7.19. The van der Waals surface area contributed by atoms with Gasteiger partial charge in [-0.15, -0.1) is 11.3 Å². The Morgan fingerprint density at radius 1 is 1.14 bits per heavy atom. The molecule has 0 aromatic carbocycles. The highest BCUT2D eigenvalue weighted by atomic mass is 32.1. The Balaban J connectivity index is 2.32. The van der Waals surface area contributed by atoms with Gasteiger partial charge < -0.3 is 10.6 Å². The van der Waals surface area contributed by atoms with Gasteiger partial charge in [0.15, 0.2) is 0 Å². The van der Waals surface area contributed by atoms with Crippen LogP contribution in [0, 0.1) is 0 Å². The number of likely N-dealkylation sites (N-methyl/N-ethyl adjacent to an activating group) is 1. The maximum atomic E-state index is 11.9. The van der Waals surface area contributed by atoms with Crippen molar-refractivity contribution >= 4 is 29.2 Å². The molecule has 22 heavy (non-hydrogen) atoms. The van der Waals surface area contributed by atoms with E-state index in [1.165, 1.54) is 0 Å². The van der Waals surface area contributed by atoms with Crippen LogP contribution in [0.2, 0.25) is 0 Å². The second kappa shape index (κ2) is 9.91. The molecule has 0 aliphatic rings. The molecule has 122 valence electrons. The van der Waals surface area contributed by atoms with Crippen LogP contribution in [-0.4, -0.2) is 48.9 Å². The number of imide groups is 1. The maximum absolute atomic E-state index is 11.9. The zero-order valence-electron chi connectivity index (χ0n) is 12.8. The Hall–Kier alpha value is -1.93. The largest absolute Gasteiger partial charge is 0.350 e. The third-order valence-electron chi connectivity index (χ3n) is 2.81. The lowest BCUT2D eigenvalue weighted by atomic mass is 10.4. The quantitative estimate of drug-likeness (QED) is 0.650. The number of carbonyl (C=O) groups is 3. The Morgan fingerprint density at radius 3 is 2.45 bits per heavy atom. The van der Waals surface area contributed by atoms with Gasteiger partial charge in [0.25, 0.3) is 0 Å². The maximum Gasteiger partial charge on any atom is 0.321 e. The molecule has 0 unspecified atom stereocenters. The fourth-order valence-corrected chi connectivity index (χ4v) is 2.36. The van der Waals surface area contributed by atoms with Gasteiger partial charge in [0, 0.05) is 11.4 Å². The van der Waals surface area contributed by atoms with E-state index in [0.717, 1.165) is 4.88 Å². The smallest absolute Gasteiger partial charge is 0.321 e. The molecule has 0 aliphatic heterocycles. The minimum atomic E-state index is -0.523. The van der Waals surface area contributed by atoms with E-state index in [9.17, 15) is 14.4 Å². The van der Waals surface area contributed by atoms with Crippen molar-refractivity contribution in [2.45, 2.75) is 20.4 Å². The number of carbonyl (C=O) groups excluding carboxylic acids is 3. The molecule has 0 radical (unpaired) electrons. The van der Waals surface area contributed by atoms with Crippen LogP contribution in [0.1, 0.15) is 18.7 Å². The molecule has 0 fully saturated rings. The molecule has 4 amide bonds. The number of hydrogen-bond acceptors (Lipinski definition) is 5. The summed E-state index contributed by atoms with van der Waals surface area (Å²) in [5, 5.41) is 9.44. The van der Waals surface area contributed by atoms with E-state index in [0.29, 0.717) is 19.6 Å². The van der Waals surface area contributed by atoms with Crippen LogP contribution in [0.4, 0.5) is 4.79 Å². The van der Waals surface area contributed by atoms with Crippen LogP contribution in [0.25, 0.3) is 0 Å². The van der Waals surface area contributed by atoms with Crippen molar-refractivity contribution in [2.24, 2.45) is 0 Å². The van der Waals surface area contributed by atoms with Gasteiger partial charge >= 0.3 is 6.03 Å². The highest BCUT2D eigenvalue weighted by Gasteiger charge is 2.14. The van der Waals surface area contributed by atoms with Crippen LogP contribution >= 0.6 is 11.3 Å². The molecule has 0 spiro atoms. The van der Waals surface area contributed by atoms with Crippen molar-refractivity contribution in [1.29, 1.82) is 0 Å². The molecule has 0 saturated heterocycles. The summed E-state index contributed by atoms with van der Waals surface area (Å²) in [4.78, 5) is 37.5. The molecular formula is C14H22N4O3S. The van der Waals surface area contributed by atoms with Crippen molar-refractivity contribution in [3.8, 4) is 0 Å². The number of hydrogen-bond donors (Lipinski definition) is 3. The molecule has 7 nitrogen and oxygen atoms in total. The highest BCUT2D eigenvalue weighted by molar-refractivity contribution is 7.09. The van der Waals surface area contributed by atoms with E-state index >= 15 is 0 Å². The molecule has 0 atom stereocenters. The number of thiophene rings is 1. The summed E-state index contributed by atoms with van der Waals surface area (Å²) in [6.45, 7) is 5.20. The first kappa shape index (κ1) is 18.1. The predicted octanol–water partition coefficient (Wildman–Crippen LogP) is 0.532. The van der Waals surface area contributed by atoms with Gasteiger partial charge in [0.2, 0.25) is 11.8 Å². The van der Waals surface area contributed by atoms with Gasteiger partial charge in [-0.3, -0.25) is 19.8 Å². The first-order valence-corrected chi connectivity index (χ1v) is 8.02. The predicted molar refractivity (Wildman–Crippen MR) is 85.5 cm³/mol. The van der Waals surface area contributed by atoms with Crippen LogP contribution in [0.3, 0.4) is 0 Å². The molecule has 0 aliphatic carbocycles. The zero-order valence-corrected chi connectivity index (χ0v) is 13.7. The number of urea groups is 1. The highest BCUT2D eigenvalue weighted by Crippen LogP contribution is 2.07. The molecule has 3 N–H and O–H groups in total. The lowest BCUT2D eigenvalue weighted by Gasteiger charge is -2.19. The minimum absolute atomic E-state index is 0.0000558. The van der Waals surface area contributed by atoms with Crippen molar-refractivity contribution in [1.82, 2.24) is 20.9 Å². The lowest BCUT2D eigenvalue weighted by Crippen LogP contribution is -2.46. The van der Waals surface area contributed by atoms with E-state index in [2.05, 4.69) is 16.0 Å². The zero-order chi connectivity index (χ0) is 16.4. The summed E-state index contributed by atoms with van der Waals surface area (Å²) < 4.78 is 0. The Kier molecular flexibility index (Phi) is 8.16. The second-order valence-electron chi connectivity index (χ2n) is 4.57. The first-order valence-electron chi connectivity index (χ1n) is 7.14. The Labute approximate surface area is 134 Å². The Morgan fingerprint density at radius 2 is 1.86 bits per heavy atom. The van der Waals surface area contributed by atoms with Gasteiger partial charge in [-0.2, -0.15) is 0 Å². The van der Waals surface area contributed by atoms with Gasteiger partial charge in [-0.05, 0) is 24.9 Å². The van der Waals surface area contributed by atoms with Gasteiger partial charge in [-0.1, -0.05) is 13.0 Å². The standard InChI is InChI=1S/C14H22N4O3S/c1-3-15-14(21)17-13(20)10-18(4-2)9-12(19)16-8-11-6-5-7-22-11/h5-7H,3-4,8-10H2,1-2H3,(H,16,19)(H2,15,17,20,21). The average Bonchev–Trinajstić information content (AvgIpc) is 2.97. The molecule has 8 heteroatoms. The number of rotatable bonds is 8. The summed E-state index contributed by atoms with van der Waals surface area (Å²) in [5.74, 6) is -0.583. The normalized spacial score (nSPS) is 10.3. The topological polar surface area (TPSA) is 90.5 Å². The lowest BCUT2D eigenvalue weighted by molar-refractivity contribution is -0.124. The van der Waals surface area contributed by atoms with Crippen LogP contribution in [0.15, 0.2) is 17.5 Å². The SMILES string of the molecule is CCNC(=O)NC(=O)CN(CC)CC(=O)NCc1cccs1. The fraction of sp³-hybridized carbons (Fsp3) is 0.500. The van der Waals surface area contributed by atoms with E-state index in [1.54, 1.807) is 23.2 Å². The van der Waals surface area contributed by atoms with Crippen molar-refractivity contribution in [3.63, 3.8) is 0 Å². The van der Waals surface area contributed by atoms with E-state index in [4.69, 9.17) is 0 Å². The van der Waals surface area contributed by atoms with Crippen LogP contribution in [-0.2, 0) is 16.1 Å². The summed E-state index contributed by atoms with van der Waals surface area (Å²) in [6, 6.07) is 3.35. The monoisotopic (exact) mass is 326 g/mol. The molecule has 0 saturated carbocycles. The van der Waals surface area contributed by atoms with E-state index in [-0.39, 0.29) is 19.0 Å². The average molecular weight is 326 g/mol. The molecule has 0 bridgehead atoms. The number of nitrogens with zero attached hydrogens (tertiary/aromatic N) is 1. The summed E-state index contributed by atoms with van der Waals surface area (Å²) >= 11 is 1.57. The fourth-order valence-electron chi connectivity index (χ4n) is 1.71. The minimum Gasteiger partial charge on any atom is -0.350 e. The van der Waals surface area contributed by atoms with Crippen molar-refractivity contribution < 1.29 is 14.4 Å². The van der Waals surface area contributed by atoms with Crippen LogP contribution < -0.4 is 16.0 Å². The Bertz CT molecular complexity index is 490. The van der Waals surface area contributed by atoms with Crippen molar-refractivity contribution in [3.05, 3.63) is 22.4 Å². The summed E-state index contributed by atoms with van der Waals surface area (Å²) in [5.41, 5.74) is 0. The molecular weight excluding hydrogens is 304 g/mol. The molecule has 1 rings (SSSR count). The summed E-state index contributed by atoms with van der Waals surface area (Å²) in [7, 11) is 0. The molecule has 1 heterocycles. The third-order valence-corrected chi connectivity index (χ3v) is 3.69. The van der Waals surface area contributed by atoms with E-state index < -0.39 is 11.9 Å². The number of nitrogens with one attached hydrogen (secondary N) is 3.